The van der Waals surface area contributed by atoms with Gasteiger partial charge in [-0.2, -0.15) is 0 Å². The largest absolute Gasteiger partial charge is 0.326 e. The molecule has 1 fully saturated rings. The molecule has 104 valence electrons. The fraction of sp³-hybridized carbons (Fsp3) is 0.312. The number of anilines is 1. The van der Waals surface area contributed by atoms with Gasteiger partial charge in [0, 0.05) is 16.7 Å². The highest BCUT2D eigenvalue weighted by Crippen LogP contribution is 2.24. The van der Waals surface area contributed by atoms with Gasteiger partial charge in [0.25, 0.3) is 0 Å². The van der Waals surface area contributed by atoms with E-state index in [0.29, 0.717) is 5.92 Å². The Morgan fingerprint density at radius 3 is 2.70 bits per heavy atom. The van der Waals surface area contributed by atoms with Crippen LogP contribution in [0.5, 0.6) is 0 Å². The van der Waals surface area contributed by atoms with Crippen molar-refractivity contribution < 1.29 is 4.79 Å². The second-order valence-corrected chi connectivity index (χ2v) is 6.35. The van der Waals surface area contributed by atoms with Crippen LogP contribution in [-0.4, -0.2) is 19.0 Å². The Hall–Kier alpha value is -1.39. The van der Waals surface area contributed by atoms with Gasteiger partial charge in [-0.05, 0) is 47.5 Å². The summed E-state index contributed by atoms with van der Waals surface area (Å²) in [5.74, 6) is 0.570. The summed E-state index contributed by atoms with van der Waals surface area (Å²) in [6.07, 6.45) is 0. The summed E-state index contributed by atoms with van der Waals surface area (Å²) in [5.41, 5.74) is 0.865. The molecule has 0 radical (unpaired) electrons. The average molecular weight is 333 g/mol. The third kappa shape index (κ3) is 2.72. The van der Waals surface area contributed by atoms with Gasteiger partial charge in [0.05, 0.1) is 5.92 Å². The Balaban J connectivity index is 1.80. The number of hydrogen-bond donors (Lipinski definition) is 2. The highest BCUT2D eigenvalue weighted by molar-refractivity contribution is 9.10. The van der Waals surface area contributed by atoms with Crippen LogP contribution in [0.2, 0.25) is 0 Å². The molecular formula is C16H17BrN2O. The molecule has 20 heavy (non-hydrogen) atoms. The predicted molar refractivity (Wildman–Crippen MR) is 85.8 cm³/mol. The van der Waals surface area contributed by atoms with Gasteiger partial charge in [0.15, 0.2) is 0 Å². The summed E-state index contributed by atoms with van der Waals surface area (Å²) < 4.78 is 1.06. The minimum atomic E-state index is 0.0654. The molecule has 1 heterocycles. The third-order valence-corrected chi connectivity index (χ3v) is 4.42. The maximum absolute atomic E-state index is 12.3. The zero-order valence-corrected chi connectivity index (χ0v) is 12.9. The topological polar surface area (TPSA) is 41.1 Å². The molecule has 2 N–H and O–H groups in total. The van der Waals surface area contributed by atoms with Crippen molar-refractivity contribution in [1.29, 1.82) is 0 Å². The first-order chi connectivity index (χ1) is 9.63. The van der Waals surface area contributed by atoms with E-state index in [0.717, 1.165) is 34.0 Å². The summed E-state index contributed by atoms with van der Waals surface area (Å²) in [7, 11) is 0. The number of amides is 1. The lowest BCUT2D eigenvalue weighted by Gasteiger charge is -2.14. The van der Waals surface area contributed by atoms with Crippen LogP contribution in [0.4, 0.5) is 5.69 Å². The van der Waals surface area contributed by atoms with Crippen molar-refractivity contribution in [3.63, 3.8) is 0 Å². The van der Waals surface area contributed by atoms with Crippen LogP contribution < -0.4 is 10.6 Å². The fourth-order valence-electron chi connectivity index (χ4n) is 2.69. The maximum atomic E-state index is 12.3. The zero-order valence-electron chi connectivity index (χ0n) is 11.3. The summed E-state index contributed by atoms with van der Waals surface area (Å²) in [6.45, 7) is 3.81. The molecule has 1 aliphatic rings. The molecule has 0 bridgehead atoms. The Labute approximate surface area is 126 Å². The summed E-state index contributed by atoms with van der Waals surface area (Å²) >= 11 is 3.47. The molecule has 2 atom stereocenters. The monoisotopic (exact) mass is 332 g/mol. The van der Waals surface area contributed by atoms with Crippen molar-refractivity contribution in [1.82, 2.24) is 5.32 Å². The second-order valence-electron chi connectivity index (χ2n) is 5.44. The number of carbonyl (C=O) groups is 1. The minimum Gasteiger partial charge on any atom is -0.326 e. The van der Waals surface area contributed by atoms with Gasteiger partial charge in [-0.1, -0.05) is 35.0 Å². The fourth-order valence-corrected chi connectivity index (χ4v) is 3.07. The van der Waals surface area contributed by atoms with Gasteiger partial charge >= 0.3 is 0 Å². The van der Waals surface area contributed by atoms with Gasteiger partial charge in [-0.3, -0.25) is 4.79 Å². The summed E-state index contributed by atoms with van der Waals surface area (Å²) in [4.78, 5) is 12.3. The molecule has 2 aromatic rings. The average Bonchev–Trinajstić information content (AvgIpc) is 2.85. The molecule has 1 amide bonds. The Bertz CT molecular complexity index is 656. The molecule has 3 nitrogen and oxygen atoms in total. The molecule has 3 rings (SSSR count). The van der Waals surface area contributed by atoms with E-state index in [1.807, 2.05) is 24.3 Å². The molecule has 0 aromatic heterocycles. The van der Waals surface area contributed by atoms with Crippen LogP contribution in [0.15, 0.2) is 40.9 Å². The van der Waals surface area contributed by atoms with E-state index >= 15 is 0 Å². The SMILES string of the molecule is C[C@@H]1CNC[C@H]1C(=O)Nc1ccc2cc(Br)ccc2c1. The van der Waals surface area contributed by atoms with Gasteiger partial charge in [-0.25, -0.2) is 0 Å². The Kier molecular flexibility index (Phi) is 3.76. The number of rotatable bonds is 2. The number of benzene rings is 2. The van der Waals surface area contributed by atoms with E-state index in [1.165, 1.54) is 0 Å². The van der Waals surface area contributed by atoms with Crippen LogP contribution in [0.3, 0.4) is 0 Å². The van der Waals surface area contributed by atoms with E-state index < -0.39 is 0 Å². The van der Waals surface area contributed by atoms with Crippen LogP contribution >= 0.6 is 15.9 Å². The van der Waals surface area contributed by atoms with Gasteiger partial charge in [-0.15, -0.1) is 0 Å². The molecule has 0 spiro atoms. The van der Waals surface area contributed by atoms with Crippen LogP contribution in [0, 0.1) is 11.8 Å². The maximum Gasteiger partial charge on any atom is 0.229 e. The lowest BCUT2D eigenvalue weighted by atomic mass is 9.97. The van der Waals surface area contributed by atoms with E-state index in [2.05, 4.69) is 45.6 Å². The van der Waals surface area contributed by atoms with E-state index in [1.54, 1.807) is 0 Å². The highest BCUT2D eigenvalue weighted by Gasteiger charge is 2.29. The minimum absolute atomic E-state index is 0.0654. The Morgan fingerprint density at radius 2 is 1.95 bits per heavy atom. The third-order valence-electron chi connectivity index (χ3n) is 3.92. The summed E-state index contributed by atoms with van der Waals surface area (Å²) in [5, 5.41) is 8.58. The van der Waals surface area contributed by atoms with Crippen molar-refractivity contribution in [2.75, 3.05) is 18.4 Å². The van der Waals surface area contributed by atoms with Crippen molar-refractivity contribution in [3.8, 4) is 0 Å². The molecule has 0 unspecified atom stereocenters. The molecular weight excluding hydrogens is 316 g/mol. The zero-order chi connectivity index (χ0) is 14.1. The number of hydrogen-bond acceptors (Lipinski definition) is 2. The van der Waals surface area contributed by atoms with Crippen molar-refractivity contribution in [2.45, 2.75) is 6.92 Å². The second kappa shape index (κ2) is 5.54. The first-order valence-corrected chi connectivity index (χ1v) is 7.64. The smallest absolute Gasteiger partial charge is 0.229 e. The first-order valence-electron chi connectivity index (χ1n) is 6.84. The normalized spacial score (nSPS) is 22.1. The molecule has 1 aliphatic heterocycles. The highest BCUT2D eigenvalue weighted by atomic mass is 79.9. The Morgan fingerprint density at radius 1 is 1.20 bits per heavy atom. The van der Waals surface area contributed by atoms with Crippen LogP contribution in [0.1, 0.15) is 6.92 Å². The summed E-state index contributed by atoms with van der Waals surface area (Å²) in [6, 6.07) is 12.1. The standard InChI is InChI=1S/C16H17BrN2O/c1-10-8-18-9-15(10)16(20)19-14-5-3-11-6-13(17)4-2-12(11)7-14/h2-7,10,15,18H,8-9H2,1H3,(H,19,20)/t10-,15-/m1/s1. The van der Waals surface area contributed by atoms with E-state index in [-0.39, 0.29) is 11.8 Å². The van der Waals surface area contributed by atoms with Gasteiger partial charge in [0.2, 0.25) is 5.91 Å². The molecule has 1 saturated heterocycles. The molecule has 4 heteroatoms. The lowest BCUT2D eigenvalue weighted by molar-refractivity contribution is -0.120. The van der Waals surface area contributed by atoms with Crippen LogP contribution in [0.25, 0.3) is 10.8 Å². The van der Waals surface area contributed by atoms with Gasteiger partial charge < -0.3 is 10.6 Å². The van der Waals surface area contributed by atoms with Gasteiger partial charge in [0.1, 0.15) is 0 Å². The molecule has 2 aromatic carbocycles. The number of carbonyl (C=O) groups excluding carboxylic acids is 1. The molecule has 0 saturated carbocycles. The number of fused-ring (bicyclic) bond motifs is 1. The van der Waals surface area contributed by atoms with Crippen LogP contribution in [-0.2, 0) is 4.79 Å². The number of nitrogens with one attached hydrogen (secondary N) is 2. The van der Waals surface area contributed by atoms with Crippen molar-refractivity contribution in [3.05, 3.63) is 40.9 Å². The lowest BCUT2D eigenvalue weighted by Crippen LogP contribution is -2.27. The van der Waals surface area contributed by atoms with E-state index in [9.17, 15) is 4.79 Å². The predicted octanol–water partition coefficient (Wildman–Crippen LogP) is 3.40. The first kappa shape index (κ1) is 13.6. The quantitative estimate of drug-likeness (QED) is 0.884. The number of halogens is 1. The van der Waals surface area contributed by atoms with E-state index in [4.69, 9.17) is 0 Å². The molecule has 0 aliphatic carbocycles. The van der Waals surface area contributed by atoms with Crippen molar-refractivity contribution in [2.24, 2.45) is 11.8 Å². The van der Waals surface area contributed by atoms with Crippen molar-refractivity contribution >= 4 is 38.3 Å².